The smallest absolute Gasteiger partial charge is 0.236 e. The van der Waals surface area contributed by atoms with E-state index in [-0.39, 0.29) is 5.91 Å². The van der Waals surface area contributed by atoms with Gasteiger partial charge in [0.25, 0.3) is 0 Å². The molecule has 1 aromatic carbocycles. The quantitative estimate of drug-likeness (QED) is 0.783. The number of amides is 1. The van der Waals surface area contributed by atoms with Crippen LogP contribution in [-0.4, -0.2) is 29.9 Å². The fourth-order valence-corrected chi connectivity index (χ4v) is 1.92. The van der Waals surface area contributed by atoms with Crippen molar-refractivity contribution in [2.45, 2.75) is 39.9 Å². The molecule has 4 nitrogen and oxygen atoms in total. The van der Waals surface area contributed by atoms with Crippen LogP contribution in [0.4, 0.5) is 0 Å². The summed E-state index contributed by atoms with van der Waals surface area (Å²) < 4.78 is 0. The van der Waals surface area contributed by atoms with Gasteiger partial charge < -0.3 is 11.1 Å². The molecule has 0 bridgehead atoms. The van der Waals surface area contributed by atoms with Gasteiger partial charge in [0.05, 0.1) is 6.04 Å². The van der Waals surface area contributed by atoms with Crippen molar-refractivity contribution in [1.82, 2.24) is 10.2 Å². The molecule has 1 aromatic rings. The lowest BCUT2D eigenvalue weighted by molar-refractivity contribution is -0.122. The van der Waals surface area contributed by atoms with Crippen LogP contribution in [0, 0.1) is 0 Å². The van der Waals surface area contributed by atoms with Gasteiger partial charge in [0.2, 0.25) is 5.91 Å². The van der Waals surface area contributed by atoms with Gasteiger partial charge in [0, 0.05) is 13.1 Å². The third-order valence-corrected chi connectivity index (χ3v) is 3.27. The molecule has 0 saturated heterocycles. The number of carbonyl (C=O) groups excluding carboxylic acids is 1. The molecule has 0 aliphatic rings. The molecular weight excluding hydrogens is 238 g/mol. The normalized spacial score (nSPS) is 12.5. The Bertz CT molecular complexity index is 400. The zero-order valence-corrected chi connectivity index (χ0v) is 12.1. The topological polar surface area (TPSA) is 58.4 Å². The molecule has 19 heavy (non-hydrogen) atoms. The van der Waals surface area contributed by atoms with E-state index in [1.54, 1.807) is 6.92 Å². The highest BCUT2D eigenvalue weighted by atomic mass is 16.2. The van der Waals surface area contributed by atoms with Gasteiger partial charge in [-0.3, -0.25) is 9.69 Å². The minimum Gasteiger partial charge on any atom is -0.351 e. The Morgan fingerprint density at radius 2 is 1.84 bits per heavy atom. The fourth-order valence-electron chi connectivity index (χ4n) is 1.92. The Morgan fingerprint density at radius 3 is 2.37 bits per heavy atom. The van der Waals surface area contributed by atoms with Crippen LogP contribution in [-0.2, 0) is 17.9 Å². The highest BCUT2D eigenvalue weighted by Gasteiger charge is 2.09. The molecule has 0 radical (unpaired) electrons. The molecule has 0 saturated carbocycles. The van der Waals surface area contributed by atoms with E-state index < -0.39 is 6.04 Å². The fraction of sp³-hybridized carbons (Fsp3) is 0.533. The minimum atomic E-state index is -0.463. The lowest BCUT2D eigenvalue weighted by Gasteiger charge is -2.20. The lowest BCUT2D eigenvalue weighted by Crippen LogP contribution is -2.38. The zero-order chi connectivity index (χ0) is 14.3. The average molecular weight is 263 g/mol. The van der Waals surface area contributed by atoms with Crippen LogP contribution in [0.15, 0.2) is 24.3 Å². The van der Waals surface area contributed by atoms with Gasteiger partial charge in [-0.25, -0.2) is 0 Å². The van der Waals surface area contributed by atoms with Gasteiger partial charge in [-0.15, -0.1) is 0 Å². The summed E-state index contributed by atoms with van der Waals surface area (Å²) in [6.45, 7) is 9.51. The van der Waals surface area contributed by atoms with E-state index >= 15 is 0 Å². The van der Waals surface area contributed by atoms with Crippen LogP contribution in [0.25, 0.3) is 0 Å². The van der Waals surface area contributed by atoms with Crippen molar-refractivity contribution >= 4 is 5.91 Å². The second-order valence-corrected chi connectivity index (χ2v) is 4.74. The summed E-state index contributed by atoms with van der Waals surface area (Å²) in [4.78, 5) is 13.9. The first-order valence-corrected chi connectivity index (χ1v) is 6.90. The van der Waals surface area contributed by atoms with E-state index in [1.165, 1.54) is 5.56 Å². The first-order chi connectivity index (χ1) is 9.08. The molecule has 106 valence electrons. The number of carbonyl (C=O) groups is 1. The van der Waals surface area contributed by atoms with Crippen molar-refractivity contribution in [3.05, 3.63) is 35.4 Å². The molecule has 0 aromatic heterocycles. The van der Waals surface area contributed by atoms with Crippen molar-refractivity contribution in [3.63, 3.8) is 0 Å². The standard InChI is InChI=1S/C15H25N3O/c1-4-18(5-2)11-14-9-7-6-8-13(14)10-17-15(19)12(3)16/h6-9,12H,4-5,10-11,16H2,1-3H3,(H,17,19). The van der Waals surface area contributed by atoms with Gasteiger partial charge in [-0.1, -0.05) is 38.1 Å². The second-order valence-electron chi connectivity index (χ2n) is 4.74. The molecule has 3 N–H and O–H groups in total. The Labute approximate surface area is 116 Å². The summed E-state index contributed by atoms with van der Waals surface area (Å²) in [6, 6.07) is 7.75. The molecule has 1 amide bonds. The van der Waals surface area contributed by atoms with Crippen LogP contribution in [0.1, 0.15) is 31.9 Å². The zero-order valence-electron chi connectivity index (χ0n) is 12.1. The number of nitrogens with two attached hydrogens (primary N) is 1. The predicted octanol–water partition coefficient (Wildman–Crippen LogP) is 1.49. The first-order valence-electron chi connectivity index (χ1n) is 6.90. The van der Waals surface area contributed by atoms with Crippen molar-refractivity contribution in [1.29, 1.82) is 0 Å². The maximum Gasteiger partial charge on any atom is 0.236 e. The number of nitrogens with one attached hydrogen (secondary N) is 1. The SMILES string of the molecule is CCN(CC)Cc1ccccc1CNC(=O)C(C)N. The molecule has 0 spiro atoms. The number of rotatable bonds is 7. The van der Waals surface area contributed by atoms with E-state index in [0.29, 0.717) is 6.54 Å². The summed E-state index contributed by atoms with van der Waals surface area (Å²) >= 11 is 0. The Balaban J connectivity index is 2.70. The molecule has 0 aliphatic carbocycles. The third-order valence-electron chi connectivity index (χ3n) is 3.27. The predicted molar refractivity (Wildman–Crippen MR) is 78.6 cm³/mol. The Morgan fingerprint density at radius 1 is 1.26 bits per heavy atom. The number of nitrogens with zero attached hydrogens (tertiary/aromatic N) is 1. The van der Waals surface area contributed by atoms with Gasteiger partial charge in [0.1, 0.15) is 0 Å². The third kappa shape index (κ3) is 5.01. The van der Waals surface area contributed by atoms with E-state index in [1.807, 2.05) is 12.1 Å². The lowest BCUT2D eigenvalue weighted by atomic mass is 10.1. The highest BCUT2D eigenvalue weighted by molar-refractivity contribution is 5.80. The summed E-state index contributed by atoms with van der Waals surface area (Å²) in [5.41, 5.74) is 7.96. The molecule has 0 fully saturated rings. The monoisotopic (exact) mass is 263 g/mol. The van der Waals surface area contributed by atoms with E-state index in [4.69, 9.17) is 5.73 Å². The van der Waals surface area contributed by atoms with Crippen molar-refractivity contribution in [3.8, 4) is 0 Å². The van der Waals surface area contributed by atoms with Gasteiger partial charge in [-0.05, 0) is 31.1 Å². The van der Waals surface area contributed by atoms with Crippen LogP contribution >= 0.6 is 0 Å². The number of hydrogen-bond donors (Lipinski definition) is 2. The Kier molecular flexibility index (Phi) is 6.53. The molecule has 1 atom stereocenters. The first kappa shape index (κ1) is 15.7. The molecule has 1 rings (SSSR count). The van der Waals surface area contributed by atoms with Crippen molar-refractivity contribution in [2.24, 2.45) is 5.73 Å². The highest BCUT2D eigenvalue weighted by Crippen LogP contribution is 2.11. The van der Waals surface area contributed by atoms with E-state index in [9.17, 15) is 4.79 Å². The molecule has 0 aliphatic heterocycles. The van der Waals surface area contributed by atoms with Gasteiger partial charge >= 0.3 is 0 Å². The minimum absolute atomic E-state index is 0.113. The van der Waals surface area contributed by atoms with Crippen molar-refractivity contribution in [2.75, 3.05) is 13.1 Å². The summed E-state index contributed by atoms with van der Waals surface area (Å²) in [6.07, 6.45) is 0. The second kappa shape index (κ2) is 7.92. The summed E-state index contributed by atoms with van der Waals surface area (Å²) in [5.74, 6) is -0.113. The maximum atomic E-state index is 11.5. The van der Waals surface area contributed by atoms with E-state index in [0.717, 1.165) is 25.2 Å². The molecule has 4 heteroatoms. The largest absolute Gasteiger partial charge is 0.351 e. The van der Waals surface area contributed by atoms with E-state index in [2.05, 4.69) is 36.2 Å². The number of benzene rings is 1. The molecule has 1 unspecified atom stereocenters. The van der Waals surface area contributed by atoms with Gasteiger partial charge in [0.15, 0.2) is 0 Å². The van der Waals surface area contributed by atoms with Crippen LogP contribution < -0.4 is 11.1 Å². The Hall–Kier alpha value is -1.39. The molecule has 0 heterocycles. The maximum absolute atomic E-state index is 11.5. The molecular formula is C15H25N3O. The van der Waals surface area contributed by atoms with Gasteiger partial charge in [-0.2, -0.15) is 0 Å². The van der Waals surface area contributed by atoms with Crippen LogP contribution in [0.3, 0.4) is 0 Å². The van der Waals surface area contributed by atoms with Crippen LogP contribution in [0.2, 0.25) is 0 Å². The summed E-state index contributed by atoms with van der Waals surface area (Å²) in [7, 11) is 0. The number of hydrogen-bond acceptors (Lipinski definition) is 3. The summed E-state index contributed by atoms with van der Waals surface area (Å²) in [5, 5.41) is 2.87. The van der Waals surface area contributed by atoms with Crippen LogP contribution in [0.5, 0.6) is 0 Å². The average Bonchev–Trinajstić information content (AvgIpc) is 2.42. The van der Waals surface area contributed by atoms with Crippen molar-refractivity contribution < 1.29 is 4.79 Å².